The third-order valence-electron chi connectivity index (χ3n) is 4.23. The van der Waals surface area contributed by atoms with Gasteiger partial charge in [-0.3, -0.25) is 9.59 Å². The Morgan fingerprint density at radius 3 is 2.81 bits per heavy atom. The van der Waals surface area contributed by atoms with Crippen LogP contribution in [0.3, 0.4) is 0 Å². The van der Waals surface area contributed by atoms with E-state index in [1.165, 1.54) is 0 Å². The Morgan fingerprint density at radius 2 is 2.10 bits per heavy atom. The highest BCUT2D eigenvalue weighted by atomic mass is 16.5. The number of morpholine rings is 1. The number of fused-ring (bicyclic) bond motifs is 1. The first kappa shape index (κ1) is 14.1. The molecule has 1 aromatic rings. The zero-order valence-electron chi connectivity index (χ0n) is 12.5. The van der Waals surface area contributed by atoms with E-state index in [-0.39, 0.29) is 17.9 Å². The van der Waals surface area contributed by atoms with E-state index in [1.807, 2.05) is 30.0 Å². The van der Waals surface area contributed by atoms with Crippen LogP contribution in [-0.4, -0.2) is 49.1 Å². The van der Waals surface area contributed by atoms with Gasteiger partial charge in [-0.25, -0.2) is 0 Å². The number of carbonyl (C=O) groups excluding carboxylic acids is 2. The number of amides is 2. The summed E-state index contributed by atoms with van der Waals surface area (Å²) < 4.78 is 5.37. The lowest BCUT2D eigenvalue weighted by Crippen LogP contribution is -2.47. The Hall–Kier alpha value is -1.88. The Morgan fingerprint density at radius 1 is 1.29 bits per heavy atom. The summed E-state index contributed by atoms with van der Waals surface area (Å²) >= 11 is 0. The lowest BCUT2D eigenvalue weighted by atomic mass is 10.1. The average molecular weight is 288 g/mol. The molecule has 3 rings (SSSR count). The quantitative estimate of drug-likeness (QED) is 0.786. The molecule has 0 unspecified atom stereocenters. The molecule has 112 valence electrons. The zero-order valence-corrected chi connectivity index (χ0v) is 12.5. The van der Waals surface area contributed by atoms with Gasteiger partial charge in [-0.2, -0.15) is 0 Å². The third kappa shape index (κ3) is 2.53. The van der Waals surface area contributed by atoms with Crippen LogP contribution in [0.25, 0.3) is 0 Å². The van der Waals surface area contributed by atoms with Crippen LogP contribution in [0, 0.1) is 0 Å². The molecule has 1 aromatic carbocycles. The summed E-state index contributed by atoms with van der Waals surface area (Å²) in [6.07, 6.45) is 0.814. The smallest absolute Gasteiger partial charge is 0.254 e. The summed E-state index contributed by atoms with van der Waals surface area (Å²) in [6, 6.07) is 5.75. The molecule has 0 aromatic heterocycles. The van der Waals surface area contributed by atoms with Gasteiger partial charge in [-0.15, -0.1) is 0 Å². The van der Waals surface area contributed by atoms with Gasteiger partial charge in [0.25, 0.3) is 5.91 Å². The average Bonchev–Trinajstić information content (AvgIpc) is 2.90. The fourth-order valence-corrected chi connectivity index (χ4v) is 3.06. The van der Waals surface area contributed by atoms with Crippen LogP contribution in [0.4, 0.5) is 5.69 Å². The summed E-state index contributed by atoms with van der Waals surface area (Å²) in [5.74, 6) is 0.101. The zero-order chi connectivity index (χ0) is 15.0. The van der Waals surface area contributed by atoms with Crippen LogP contribution >= 0.6 is 0 Å². The lowest BCUT2D eigenvalue weighted by molar-refractivity contribution is -0.116. The fraction of sp³-hybridized carbons (Fsp3) is 0.500. The van der Waals surface area contributed by atoms with Gasteiger partial charge in [-0.05, 0) is 37.1 Å². The number of nitrogens with zero attached hydrogens (tertiary/aromatic N) is 2. The molecule has 0 N–H and O–H groups in total. The molecule has 5 nitrogen and oxygen atoms in total. The molecule has 0 aliphatic carbocycles. The van der Waals surface area contributed by atoms with Crippen molar-refractivity contribution < 1.29 is 14.3 Å². The number of benzene rings is 1. The molecule has 0 radical (unpaired) electrons. The Labute approximate surface area is 124 Å². The Kier molecular flexibility index (Phi) is 3.68. The van der Waals surface area contributed by atoms with Gasteiger partial charge < -0.3 is 14.5 Å². The van der Waals surface area contributed by atoms with Crippen LogP contribution in [-0.2, 0) is 16.0 Å². The van der Waals surface area contributed by atoms with Crippen molar-refractivity contribution in [3.05, 3.63) is 29.3 Å². The van der Waals surface area contributed by atoms with E-state index in [2.05, 4.69) is 0 Å². The maximum Gasteiger partial charge on any atom is 0.254 e. The first-order chi connectivity index (χ1) is 10.1. The molecule has 1 saturated heterocycles. The van der Waals surface area contributed by atoms with Crippen LogP contribution < -0.4 is 4.90 Å². The highest BCUT2D eigenvalue weighted by molar-refractivity contribution is 5.98. The van der Waals surface area contributed by atoms with E-state index < -0.39 is 0 Å². The topological polar surface area (TPSA) is 49.9 Å². The van der Waals surface area contributed by atoms with Gasteiger partial charge in [0.1, 0.15) is 0 Å². The highest BCUT2D eigenvalue weighted by Gasteiger charge is 2.27. The van der Waals surface area contributed by atoms with E-state index >= 15 is 0 Å². The fourth-order valence-electron chi connectivity index (χ4n) is 3.06. The molecule has 2 amide bonds. The monoisotopic (exact) mass is 288 g/mol. The maximum absolute atomic E-state index is 12.6. The van der Waals surface area contributed by atoms with Crippen molar-refractivity contribution in [2.24, 2.45) is 0 Å². The molecular formula is C16H20N2O3. The van der Waals surface area contributed by atoms with E-state index in [9.17, 15) is 9.59 Å². The van der Waals surface area contributed by atoms with E-state index in [0.29, 0.717) is 31.9 Å². The molecule has 1 fully saturated rings. The van der Waals surface area contributed by atoms with Crippen molar-refractivity contribution >= 4 is 17.5 Å². The van der Waals surface area contributed by atoms with Crippen LogP contribution in [0.5, 0.6) is 0 Å². The van der Waals surface area contributed by atoms with Crippen LogP contribution in [0.1, 0.15) is 29.8 Å². The maximum atomic E-state index is 12.6. The summed E-state index contributed by atoms with van der Waals surface area (Å²) in [5, 5.41) is 0. The van der Waals surface area contributed by atoms with Crippen molar-refractivity contribution in [3.8, 4) is 0 Å². The third-order valence-corrected chi connectivity index (χ3v) is 4.23. The second kappa shape index (κ2) is 5.48. The van der Waals surface area contributed by atoms with Gasteiger partial charge in [0.2, 0.25) is 5.91 Å². The molecule has 21 heavy (non-hydrogen) atoms. The largest absolute Gasteiger partial charge is 0.377 e. The van der Waals surface area contributed by atoms with Crippen molar-refractivity contribution in [2.45, 2.75) is 26.3 Å². The molecule has 0 saturated carbocycles. The standard InChI is InChI=1S/C16H20N2O3/c1-11-10-21-8-7-17(11)16(20)14-3-4-15-13(9-14)5-6-18(15)12(2)19/h3-4,9,11H,5-8,10H2,1-2H3/t11-/m1/s1. The first-order valence-corrected chi connectivity index (χ1v) is 7.37. The van der Waals surface area contributed by atoms with E-state index in [0.717, 1.165) is 17.7 Å². The normalized spacial score (nSPS) is 21.3. The van der Waals surface area contributed by atoms with Gasteiger partial charge in [-0.1, -0.05) is 0 Å². The predicted molar refractivity (Wildman–Crippen MR) is 79.5 cm³/mol. The number of anilines is 1. The van der Waals surface area contributed by atoms with Gasteiger partial charge in [0.15, 0.2) is 0 Å². The van der Waals surface area contributed by atoms with E-state index in [4.69, 9.17) is 4.74 Å². The van der Waals surface area contributed by atoms with Crippen molar-refractivity contribution in [1.82, 2.24) is 4.90 Å². The van der Waals surface area contributed by atoms with Crippen molar-refractivity contribution in [1.29, 1.82) is 0 Å². The van der Waals surface area contributed by atoms with E-state index in [1.54, 1.807) is 11.8 Å². The first-order valence-electron chi connectivity index (χ1n) is 7.37. The number of hydrogen-bond donors (Lipinski definition) is 0. The summed E-state index contributed by atoms with van der Waals surface area (Å²) in [4.78, 5) is 27.8. The number of rotatable bonds is 1. The molecule has 2 aliphatic rings. The summed E-state index contributed by atoms with van der Waals surface area (Å²) in [5.41, 5.74) is 2.72. The second-order valence-corrected chi connectivity index (χ2v) is 5.69. The molecule has 0 bridgehead atoms. The summed E-state index contributed by atoms with van der Waals surface area (Å²) in [7, 11) is 0. The molecule has 5 heteroatoms. The highest BCUT2D eigenvalue weighted by Crippen LogP contribution is 2.29. The minimum absolute atomic E-state index is 0.0506. The predicted octanol–water partition coefficient (Wildman–Crippen LogP) is 1.46. The molecular weight excluding hydrogens is 268 g/mol. The SMILES string of the molecule is CC(=O)N1CCc2cc(C(=O)N3CCOC[C@H]3C)ccc21. The number of hydrogen-bond acceptors (Lipinski definition) is 3. The lowest BCUT2D eigenvalue weighted by Gasteiger charge is -2.33. The van der Waals surface area contributed by atoms with Crippen LogP contribution in [0.2, 0.25) is 0 Å². The molecule has 0 spiro atoms. The second-order valence-electron chi connectivity index (χ2n) is 5.69. The number of carbonyl (C=O) groups is 2. The van der Waals surface area contributed by atoms with Gasteiger partial charge in [0.05, 0.1) is 19.3 Å². The molecule has 1 atom stereocenters. The van der Waals surface area contributed by atoms with Crippen LogP contribution in [0.15, 0.2) is 18.2 Å². The summed E-state index contributed by atoms with van der Waals surface area (Å²) in [6.45, 7) is 6.10. The molecule has 2 aliphatic heterocycles. The van der Waals surface area contributed by atoms with Crippen molar-refractivity contribution in [3.63, 3.8) is 0 Å². The Balaban J connectivity index is 1.84. The minimum Gasteiger partial charge on any atom is -0.377 e. The van der Waals surface area contributed by atoms with Gasteiger partial charge >= 0.3 is 0 Å². The minimum atomic E-state index is 0.0506. The van der Waals surface area contributed by atoms with Gasteiger partial charge in [0, 0.05) is 31.3 Å². The van der Waals surface area contributed by atoms with Crippen molar-refractivity contribution in [2.75, 3.05) is 31.2 Å². The number of ether oxygens (including phenoxy) is 1. The molecule has 2 heterocycles. The Bertz CT molecular complexity index is 585.